The summed E-state index contributed by atoms with van der Waals surface area (Å²) in [6, 6.07) is 12.1. The van der Waals surface area contributed by atoms with Gasteiger partial charge in [0.25, 0.3) is 5.56 Å². The summed E-state index contributed by atoms with van der Waals surface area (Å²) in [5.74, 6) is 0. The van der Waals surface area contributed by atoms with Gasteiger partial charge in [-0.05, 0) is 49.1 Å². The Labute approximate surface area is 184 Å². The van der Waals surface area contributed by atoms with E-state index in [1.54, 1.807) is 12.4 Å². The average Bonchev–Trinajstić information content (AvgIpc) is 3.23. The third-order valence-corrected chi connectivity index (χ3v) is 6.41. The third-order valence-electron chi connectivity index (χ3n) is 5.52. The van der Waals surface area contributed by atoms with Crippen LogP contribution in [0.4, 0.5) is 0 Å². The number of fused-ring (bicyclic) bond motifs is 1. The largest absolute Gasteiger partial charge is 0.373 e. The minimum absolute atomic E-state index is 0.121. The van der Waals surface area contributed by atoms with Crippen molar-refractivity contribution in [1.82, 2.24) is 19.9 Å². The molecule has 0 bridgehead atoms. The number of hydrogen-bond donors (Lipinski definition) is 1. The Bertz CT molecular complexity index is 1260. The Morgan fingerprint density at radius 1 is 1.13 bits per heavy atom. The van der Waals surface area contributed by atoms with Gasteiger partial charge in [0.1, 0.15) is 5.01 Å². The van der Waals surface area contributed by atoms with Crippen molar-refractivity contribution >= 4 is 22.2 Å². The summed E-state index contributed by atoms with van der Waals surface area (Å²) in [6.45, 7) is 6.91. The van der Waals surface area contributed by atoms with Gasteiger partial charge >= 0.3 is 0 Å². The van der Waals surface area contributed by atoms with Gasteiger partial charge in [-0.15, -0.1) is 11.3 Å². The fourth-order valence-electron chi connectivity index (χ4n) is 4.23. The van der Waals surface area contributed by atoms with Crippen LogP contribution in [0, 0.1) is 0 Å². The van der Waals surface area contributed by atoms with Crippen LogP contribution in [0.2, 0.25) is 0 Å². The highest BCUT2D eigenvalue weighted by Gasteiger charge is 2.22. The van der Waals surface area contributed by atoms with Crippen LogP contribution in [0.5, 0.6) is 0 Å². The average molecular weight is 433 g/mol. The maximum absolute atomic E-state index is 12.8. The number of hydrogen-bond acceptors (Lipinski definition) is 6. The lowest BCUT2D eigenvalue weighted by atomic mass is 10.1. The first-order chi connectivity index (χ1) is 15.0. The summed E-state index contributed by atoms with van der Waals surface area (Å²) in [5.41, 5.74) is 4.20. The second kappa shape index (κ2) is 8.34. The molecule has 3 aromatic heterocycles. The van der Waals surface area contributed by atoms with Crippen molar-refractivity contribution < 1.29 is 4.74 Å². The number of aromatic amines is 1. The van der Waals surface area contributed by atoms with E-state index in [9.17, 15) is 4.79 Å². The van der Waals surface area contributed by atoms with Crippen LogP contribution in [0.15, 0.2) is 59.0 Å². The highest BCUT2D eigenvalue weighted by atomic mass is 32.1. The van der Waals surface area contributed by atoms with Gasteiger partial charge < -0.3 is 9.72 Å². The molecule has 1 aliphatic rings. The molecule has 0 aliphatic carbocycles. The Morgan fingerprint density at radius 3 is 2.68 bits per heavy atom. The van der Waals surface area contributed by atoms with Gasteiger partial charge in [0.2, 0.25) is 0 Å². The fourth-order valence-corrected chi connectivity index (χ4v) is 5.06. The van der Waals surface area contributed by atoms with E-state index in [4.69, 9.17) is 4.74 Å². The van der Waals surface area contributed by atoms with Crippen LogP contribution in [0.1, 0.15) is 19.4 Å². The van der Waals surface area contributed by atoms with Crippen molar-refractivity contribution in [3.8, 4) is 21.8 Å². The molecule has 4 heterocycles. The molecular weight excluding hydrogens is 408 g/mol. The van der Waals surface area contributed by atoms with Crippen molar-refractivity contribution in [2.75, 3.05) is 13.1 Å². The number of ether oxygens (including phenoxy) is 1. The van der Waals surface area contributed by atoms with Crippen LogP contribution in [-0.4, -0.2) is 45.1 Å². The smallest absolute Gasteiger partial charge is 0.257 e. The topological polar surface area (TPSA) is 71.1 Å². The predicted molar refractivity (Wildman–Crippen MR) is 124 cm³/mol. The molecule has 0 spiro atoms. The summed E-state index contributed by atoms with van der Waals surface area (Å²) >= 11 is 1.53. The van der Waals surface area contributed by atoms with Crippen molar-refractivity contribution in [3.63, 3.8) is 0 Å². The highest BCUT2D eigenvalue weighted by molar-refractivity contribution is 7.13. The molecule has 0 saturated carbocycles. The lowest BCUT2D eigenvalue weighted by Crippen LogP contribution is -2.44. The first kappa shape index (κ1) is 20.1. The van der Waals surface area contributed by atoms with E-state index in [1.807, 2.05) is 23.6 Å². The number of rotatable bonds is 4. The second-order valence-corrected chi connectivity index (χ2v) is 9.02. The zero-order chi connectivity index (χ0) is 21.4. The first-order valence-corrected chi connectivity index (χ1v) is 11.3. The normalized spacial score (nSPS) is 19.7. The molecule has 6 nitrogen and oxygen atoms in total. The summed E-state index contributed by atoms with van der Waals surface area (Å²) < 4.78 is 5.83. The molecule has 1 saturated heterocycles. The molecule has 1 aromatic carbocycles. The SMILES string of the molecule is CC1CN(Cc2ccc3cc(-c4csc(-c5ccncc5)n4)c(=O)[nH]c3c2)CC(C)O1. The van der Waals surface area contributed by atoms with Crippen LogP contribution < -0.4 is 5.56 Å². The van der Waals surface area contributed by atoms with Gasteiger partial charge in [0, 0.05) is 48.5 Å². The van der Waals surface area contributed by atoms with Crippen LogP contribution >= 0.6 is 11.3 Å². The summed E-state index contributed by atoms with van der Waals surface area (Å²) in [4.78, 5) is 27.0. The molecule has 1 aliphatic heterocycles. The van der Waals surface area contributed by atoms with E-state index in [-0.39, 0.29) is 17.8 Å². The van der Waals surface area contributed by atoms with E-state index in [2.05, 4.69) is 51.9 Å². The van der Waals surface area contributed by atoms with Crippen molar-refractivity contribution in [2.24, 2.45) is 0 Å². The van der Waals surface area contributed by atoms with E-state index < -0.39 is 0 Å². The standard InChI is InChI=1S/C24H24N4O2S/c1-15-11-28(12-16(2)30-15)13-17-3-4-19-10-20(23(29)26-21(19)9-17)22-14-31-24(27-22)18-5-7-25-8-6-18/h3-10,14-16H,11-13H2,1-2H3,(H,26,29). The van der Waals surface area contributed by atoms with Gasteiger partial charge in [-0.2, -0.15) is 0 Å². The number of H-pyrrole nitrogens is 1. The molecule has 2 unspecified atom stereocenters. The van der Waals surface area contributed by atoms with Crippen LogP contribution in [0.3, 0.4) is 0 Å². The minimum atomic E-state index is -0.121. The number of pyridine rings is 2. The van der Waals surface area contributed by atoms with E-state index >= 15 is 0 Å². The zero-order valence-corrected chi connectivity index (χ0v) is 18.4. The number of morpholine rings is 1. The summed E-state index contributed by atoms with van der Waals surface area (Å²) in [7, 11) is 0. The molecule has 2 atom stereocenters. The molecule has 0 amide bonds. The van der Waals surface area contributed by atoms with Crippen molar-refractivity contribution in [2.45, 2.75) is 32.6 Å². The van der Waals surface area contributed by atoms with Crippen molar-refractivity contribution in [3.05, 3.63) is 70.1 Å². The lowest BCUT2D eigenvalue weighted by molar-refractivity contribution is -0.0704. The monoisotopic (exact) mass is 432 g/mol. The quantitative estimate of drug-likeness (QED) is 0.520. The molecule has 7 heteroatoms. The van der Waals surface area contributed by atoms with E-state index in [1.165, 1.54) is 16.9 Å². The lowest BCUT2D eigenvalue weighted by Gasteiger charge is -2.35. The Morgan fingerprint density at radius 2 is 1.90 bits per heavy atom. The number of nitrogens with one attached hydrogen (secondary N) is 1. The van der Waals surface area contributed by atoms with Crippen molar-refractivity contribution in [1.29, 1.82) is 0 Å². The molecule has 4 aromatic rings. The molecule has 5 rings (SSSR count). The number of thiazole rings is 1. The number of aromatic nitrogens is 3. The van der Waals surface area contributed by atoms with E-state index in [0.29, 0.717) is 11.3 Å². The zero-order valence-electron chi connectivity index (χ0n) is 17.5. The van der Waals surface area contributed by atoms with Gasteiger partial charge in [0.05, 0.1) is 23.5 Å². The van der Waals surface area contributed by atoms with E-state index in [0.717, 1.165) is 41.1 Å². The Balaban J connectivity index is 1.42. The molecule has 1 N–H and O–H groups in total. The fraction of sp³-hybridized carbons (Fsp3) is 0.292. The Hall–Kier alpha value is -2.87. The highest BCUT2D eigenvalue weighted by Crippen LogP contribution is 2.28. The van der Waals surface area contributed by atoms with Gasteiger partial charge in [-0.1, -0.05) is 12.1 Å². The van der Waals surface area contributed by atoms with Gasteiger partial charge in [-0.25, -0.2) is 4.98 Å². The molecule has 158 valence electrons. The van der Waals surface area contributed by atoms with Gasteiger partial charge in [0.15, 0.2) is 0 Å². The second-order valence-electron chi connectivity index (χ2n) is 8.16. The maximum Gasteiger partial charge on any atom is 0.257 e. The molecule has 0 radical (unpaired) electrons. The number of nitrogens with zero attached hydrogens (tertiary/aromatic N) is 3. The van der Waals surface area contributed by atoms with Gasteiger partial charge in [-0.3, -0.25) is 14.7 Å². The van der Waals surface area contributed by atoms with Crippen LogP contribution in [-0.2, 0) is 11.3 Å². The minimum Gasteiger partial charge on any atom is -0.373 e. The first-order valence-electron chi connectivity index (χ1n) is 10.5. The Kier molecular flexibility index (Phi) is 5.40. The molecular formula is C24H24N4O2S. The maximum atomic E-state index is 12.8. The van der Waals surface area contributed by atoms with Crippen LogP contribution in [0.25, 0.3) is 32.7 Å². The molecule has 31 heavy (non-hydrogen) atoms. The third kappa shape index (κ3) is 4.30. The number of benzene rings is 1. The summed E-state index contributed by atoms with van der Waals surface area (Å²) in [5, 5.41) is 3.81. The molecule has 1 fully saturated rings. The summed E-state index contributed by atoms with van der Waals surface area (Å²) in [6.07, 6.45) is 3.97. The predicted octanol–water partition coefficient (Wildman–Crippen LogP) is 4.32.